The van der Waals surface area contributed by atoms with E-state index in [-0.39, 0.29) is 31.6 Å². The van der Waals surface area contributed by atoms with Crippen molar-refractivity contribution in [3.8, 4) is 5.88 Å². The molecule has 3 N–H and O–H groups in total. The average molecular weight is 735 g/mol. The molecular weight excluding hydrogens is 695 g/mol. The summed E-state index contributed by atoms with van der Waals surface area (Å²) in [5.41, 5.74) is 3.20. The van der Waals surface area contributed by atoms with Crippen LogP contribution >= 0.6 is 11.6 Å². The van der Waals surface area contributed by atoms with E-state index >= 15 is 0 Å². The van der Waals surface area contributed by atoms with Gasteiger partial charge in [-0.15, -0.1) is 0 Å². The maximum absolute atomic E-state index is 14.2. The molecule has 0 radical (unpaired) electrons. The number of likely N-dealkylation sites (tertiary alicyclic amines) is 2. The van der Waals surface area contributed by atoms with Gasteiger partial charge in [-0.3, -0.25) is 14.5 Å². The third kappa shape index (κ3) is 8.04. The number of pyridine rings is 1. The van der Waals surface area contributed by atoms with Crippen molar-refractivity contribution in [2.75, 3.05) is 32.8 Å². The number of aliphatic hydroxyl groups is 1. The zero-order valence-corrected chi connectivity index (χ0v) is 29.2. The number of halogens is 2. The summed E-state index contributed by atoms with van der Waals surface area (Å²) in [6.07, 6.45) is 1.87. The first kappa shape index (κ1) is 35.8. The SMILES string of the molecule is O=C(NCC(=O)N1C[C@H](O)C[C@H]1C(=O)O)c1ccc2c(c1)nc(CN1CCC(c3cccc(OCc4ccc(Cl)cc4F)n3)CC1)n2CC1CCO1. The van der Waals surface area contributed by atoms with Crippen LogP contribution in [0.4, 0.5) is 4.39 Å². The predicted molar refractivity (Wildman–Crippen MR) is 187 cm³/mol. The molecule has 0 aliphatic carbocycles. The molecule has 0 spiro atoms. The molecule has 52 heavy (non-hydrogen) atoms. The zero-order valence-electron chi connectivity index (χ0n) is 28.4. The number of piperidine rings is 1. The first-order valence-corrected chi connectivity index (χ1v) is 17.8. The van der Waals surface area contributed by atoms with Crippen LogP contribution in [0.5, 0.6) is 5.88 Å². The Labute approximate surface area is 304 Å². The Morgan fingerprint density at radius 1 is 1.06 bits per heavy atom. The molecule has 2 aromatic heterocycles. The minimum atomic E-state index is -1.19. The van der Waals surface area contributed by atoms with Crippen molar-refractivity contribution in [1.29, 1.82) is 0 Å². The molecule has 0 bridgehead atoms. The molecule has 4 aromatic rings. The van der Waals surface area contributed by atoms with Crippen molar-refractivity contribution in [3.63, 3.8) is 0 Å². The Balaban J connectivity index is 0.983. The first-order chi connectivity index (χ1) is 25.1. The molecule has 3 fully saturated rings. The number of rotatable bonds is 12. The summed E-state index contributed by atoms with van der Waals surface area (Å²) in [5.74, 6) is -1.11. The third-order valence-electron chi connectivity index (χ3n) is 10.1. The van der Waals surface area contributed by atoms with Gasteiger partial charge in [0.15, 0.2) is 0 Å². The number of hydrogen-bond acceptors (Lipinski definition) is 9. The van der Waals surface area contributed by atoms with Crippen molar-refractivity contribution in [3.05, 3.63) is 88.1 Å². The number of carbonyl (C=O) groups excluding carboxylic acids is 2. The van der Waals surface area contributed by atoms with Gasteiger partial charge >= 0.3 is 5.97 Å². The highest BCUT2D eigenvalue weighted by Gasteiger charge is 2.38. The van der Waals surface area contributed by atoms with Crippen LogP contribution in [0.3, 0.4) is 0 Å². The van der Waals surface area contributed by atoms with Gasteiger partial charge in [0.2, 0.25) is 11.8 Å². The fraction of sp³-hybridized carbons (Fsp3) is 0.432. The van der Waals surface area contributed by atoms with Gasteiger partial charge < -0.3 is 34.5 Å². The molecule has 2 amide bonds. The maximum Gasteiger partial charge on any atom is 0.326 e. The van der Waals surface area contributed by atoms with Crippen LogP contribution in [-0.4, -0.2) is 103 Å². The van der Waals surface area contributed by atoms with E-state index < -0.39 is 42.3 Å². The number of amides is 2. The van der Waals surface area contributed by atoms with Gasteiger partial charge in [0.1, 0.15) is 24.3 Å². The van der Waals surface area contributed by atoms with Crippen molar-refractivity contribution in [1.82, 2.24) is 29.7 Å². The lowest BCUT2D eigenvalue weighted by Crippen LogP contribution is -2.45. The number of benzene rings is 2. The lowest BCUT2D eigenvalue weighted by Gasteiger charge is -2.32. The topological polar surface area (TPSA) is 159 Å². The molecule has 3 aliphatic rings. The normalized spacial score (nSPS) is 20.9. The summed E-state index contributed by atoms with van der Waals surface area (Å²) < 4.78 is 28.0. The lowest BCUT2D eigenvalue weighted by atomic mass is 9.93. The second-order valence-electron chi connectivity index (χ2n) is 13.6. The van der Waals surface area contributed by atoms with E-state index in [4.69, 9.17) is 31.0 Å². The molecule has 2 aromatic carbocycles. The van der Waals surface area contributed by atoms with Crippen LogP contribution in [0.25, 0.3) is 11.0 Å². The summed E-state index contributed by atoms with van der Waals surface area (Å²) >= 11 is 5.87. The number of nitrogens with zero attached hydrogens (tertiary/aromatic N) is 5. The van der Waals surface area contributed by atoms with E-state index in [1.807, 2.05) is 18.2 Å². The van der Waals surface area contributed by atoms with Crippen LogP contribution in [-0.2, 0) is 34.0 Å². The van der Waals surface area contributed by atoms with Crippen molar-refractivity contribution in [2.45, 2.75) is 69.5 Å². The number of nitrogens with one attached hydrogen (secondary N) is 1. The monoisotopic (exact) mass is 734 g/mol. The quantitative estimate of drug-likeness (QED) is 0.196. The number of aromatic nitrogens is 3. The molecule has 3 atom stereocenters. The molecule has 15 heteroatoms. The zero-order chi connectivity index (χ0) is 36.4. The summed E-state index contributed by atoms with van der Waals surface area (Å²) in [5, 5.41) is 22.2. The number of aliphatic carboxylic acids is 1. The summed E-state index contributed by atoms with van der Waals surface area (Å²) in [6, 6.07) is 14.3. The second-order valence-corrected chi connectivity index (χ2v) is 14.0. The van der Waals surface area contributed by atoms with Crippen LogP contribution in [0.1, 0.15) is 59.0 Å². The van der Waals surface area contributed by atoms with Gasteiger partial charge in [0, 0.05) is 53.4 Å². The van der Waals surface area contributed by atoms with E-state index in [1.165, 1.54) is 6.07 Å². The number of carboxylic acids is 1. The lowest BCUT2D eigenvalue weighted by molar-refractivity contribution is -0.147. The standard InChI is InChI=1S/C37H40ClFN6O7/c38-25-6-4-24(28(39)15-25)21-52-34-3-1-2-29(42-34)22-8-11-43(12-9-22)20-33-41-30-14-23(5-7-31(30)44(33)19-27-10-13-51-27)36(48)40-17-35(47)45-18-26(46)16-32(45)37(49)50/h1-7,14-15,22,26-27,32,46H,8-13,16-21H2,(H,40,48)(H,49,50)/t26-,27?,32+/m1/s1. The number of fused-ring (bicyclic) bond motifs is 1. The molecular formula is C37H40ClFN6O7. The van der Waals surface area contributed by atoms with Crippen molar-refractivity contribution >= 4 is 40.4 Å². The van der Waals surface area contributed by atoms with Crippen LogP contribution in [0, 0.1) is 5.82 Å². The van der Waals surface area contributed by atoms with Gasteiger partial charge in [-0.2, -0.15) is 0 Å². The third-order valence-corrected chi connectivity index (χ3v) is 10.3. The number of ether oxygens (including phenoxy) is 2. The predicted octanol–water partition coefficient (Wildman–Crippen LogP) is 3.75. The van der Waals surface area contributed by atoms with Gasteiger partial charge in [-0.1, -0.05) is 23.7 Å². The fourth-order valence-electron chi connectivity index (χ4n) is 7.08. The van der Waals surface area contributed by atoms with Gasteiger partial charge in [-0.05, 0) is 68.8 Å². The summed E-state index contributed by atoms with van der Waals surface area (Å²) in [4.78, 5) is 50.5. The molecule has 1 unspecified atom stereocenters. The van der Waals surface area contributed by atoms with Gasteiger partial charge in [0.05, 0.1) is 42.9 Å². The number of carbonyl (C=O) groups is 3. The smallest absolute Gasteiger partial charge is 0.326 e. The number of β-amino-alcohol motifs (C(OH)–C–C–N with tert-alkyl or cyclic N) is 1. The Kier molecular flexibility index (Phi) is 10.7. The van der Waals surface area contributed by atoms with E-state index in [0.29, 0.717) is 40.6 Å². The minimum Gasteiger partial charge on any atom is -0.480 e. The largest absolute Gasteiger partial charge is 0.480 e. The summed E-state index contributed by atoms with van der Waals surface area (Å²) in [6.45, 7) is 3.21. The molecule has 274 valence electrons. The summed E-state index contributed by atoms with van der Waals surface area (Å²) in [7, 11) is 0. The average Bonchev–Trinajstić information content (AvgIpc) is 3.68. The first-order valence-electron chi connectivity index (χ1n) is 17.5. The number of hydrogen-bond donors (Lipinski definition) is 3. The Morgan fingerprint density at radius 3 is 2.60 bits per heavy atom. The number of imidazole rings is 1. The van der Waals surface area contributed by atoms with E-state index in [9.17, 15) is 29.0 Å². The molecule has 0 saturated carbocycles. The fourth-order valence-corrected chi connectivity index (χ4v) is 7.24. The van der Waals surface area contributed by atoms with E-state index in [1.54, 1.807) is 30.3 Å². The van der Waals surface area contributed by atoms with Crippen LogP contribution < -0.4 is 10.1 Å². The minimum absolute atomic E-state index is 0.0440. The molecule has 3 aliphatic heterocycles. The highest BCUT2D eigenvalue weighted by atomic mass is 35.5. The van der Waals surface area contributed by atoms with E-state index in [0.717, 1.165) is 60.9 Å². The van der Waals surface area contributed by atoms with Gasteiger partial charge in [-0.25, -0.2) is 19.2 Å². The Bertz CT molecular complexity index is 1960. The van der Waals surface area contributed by atoms with E-state index in [2.05, 4.69) is 14.8 Å². The maximum atomic E-state index is 14.2. The van der Waals surface area contributed by atoms with Crippen LogP contribution in [0.2, 0.25) is 5.02 Å². The number of aliphatic hydroxyl groups excluding tert-OH is 1. The highest BCUT2D eigenvalue weighted by molar-refractivity contribution is 6.30. The molecule has 3 saturated heterocycles. The Morgan fingerprint density at radius 2 is 1.87 bits per heavy atom. The molecule has 5 heterocycles. The Hall–Kier alpha value is -4.63. The molecule has 7 rings (SSSR count). The number of carboxylic acid groups (broad SMARTS) is 1. The van der Waals surface area contributed by atoms with Gasteiger partial charge in [0.25, 0.3) is 5.91 Å². The molecule has 13 nitrogen and oxygen atoms in total. The highest BCUT2D eigenvalue weighted by Crippen LogP contribution is 2.30. The van der Waals surface area contributed by atoms with Crippen LogP contribution in [0.15, 0.2) is 54.6 Å². The second kappa shape index (κ2) is 15.5. The van der Waals surface area contributed by atoms with Crippen molar-refractivity contribution in [2.24, 2.45) is 0 Å². The van der Waals surface area contributed by atoms with Crippen molar-refractivity contribution < 1.29 is 38.5 Å².